The third kappa shape index (κ3) is 12.1. The molecule has 0 atom stereocenters. The average Bonchev–Trinajstić information content (AvgIpc) is 0.899. The summed E-state index contributed by atoms with van der Waals surface area (Å²) in [5, 5.41) is 4.89. The van der Waals surface area contributed by atoms with E-state index in [2.05, 4.69) is 456 Å². The van der Waals surface area contributed by atoms with Gasteiger partial charge in [-0.05, 0) is 226 Å². The number of hydrogen-bond donors (Lipinski definition) is 0. The fourth-order valence-corrected chi connectivity index (χ4v) is 18.9. The topological polar surface area (TPSA) is 16.3 Å². The minimum atomic E-state index is -0.376. The summed E-state index contributed by atoms with van der Waals surface area (Å²) in [6.45, 7) is 16.4. The molecule has 19 aromatic rings. The van der Waals surface area contributed by atoms with Gasteiger partial charge in [0.15, 0.2) is 0 Å². The van der Waals surface area contributed by atoms with Gasteiger partial charge in [0.2, 0.25) is 0 Å². The summed E-state index contributed by atoms with van der Waals surface area (Å²) in [6.07, 6.45) is 0. The van der Waals surface area contributed by atoms with Gasteiger partial charge in [-0.2, -0.15) is 0 Å². The lowest BCUT2D eigenvalue weighted by Crippen LogP contribution is -2.61. The van der Waals surface area contributed by atoms with Crippen molar-refractivity contribution in [2.75, 3.05) is 9.80 Å². The standard InChI is InChI=1S/C112H87BN4/c1-72(2)86-64-95(76-36-16-10-17-37-76)110(97(66-86)84-46-30-44-82(62-84)80-42-28-40-78(60-80)74-32-12-8-13-33-74)116-105-70-89(114-101-52-24-20-48-91(101)92-49-21-25-53-102(92)114)56-58-99(105)113-100-59-57-90(115-103-54-26-22-50-93(103)94-51-23-27-55-104(94)115)71-106(100)117(108-69-88(112(5,6)7)68-107(116)109(108)113)111-96(77-38-18-11-19-39-77)65-87(73(3)4)67-98(111)85-47-31-45-83(63-85)81-43-29-41-79(61-81)75-34-14-9-15-35-75/h8-73H,1-7H3. The van der Waals surface area contributed by atoms with Crippen molar-refractivity contribution in [3.05, 3.63) is 405 Å². The summed E-state index contributed by atoms with van der Waals surface area (Å²) < 4.78 is 5.03. The number of fused-ring (bicyclic) bond motifs is 10. The monoisotopic (exact) mass is 1500 g/mol. The third-order valence-electron chi connectivity index (χ3n) is 24.7. The summed E-state index contributed by atoms with van der Waals surface area (Å²) in [6, 6.07) is 147. The molecule has 2 aromatic heterocycles. The quantitative estimate of drug-likeness (QED) is 0.101. The van der Waals surface area contributed by atoms with Gasteiger partial charge in [-0.3, -0.25) is 0 Å². The van der Waals surface area contributed by atoms with Crippen LogP contribution in [0.4, 0.5) is 34.1 Å². The predicted octanol–water partition coefficient (Wildman–Crippen LogP) is 28.8. The van der Waals surface area contributed by atoms with E-state index in [9.17, 15) is 0 Å². The van der Waals surface area contributed by atoms with Crippen LogP contribution in [0.25, 0.3) is 144 Å². The second-order valence-electron chi connectivity index (χ2n) is 33.5. The summed E-state index contributed by atoms with van der Waals surface area (Å²) in [5.74, 6) is 0.381. The lowest BCUT2D eigenvalue weighted by Gasteiger charge is -2.46. The first-order chi connectivity index (χ1) is 57.3. The molecule has 0 bridgehead atoms. The molecule has 0 unspecified atom stereocenters. The van der Waals surface area contributed by atoms with E-state index in [1.165, 1.54) is 76.9 Å². The van der Waals surface area contributed by atoms with Gasteiger partial charge in [0.1, 0.15) is 0 Å². The van der Waals surface area contributed by atoms with Crippen molar-refractivity contribution in [2.24, 2.45) is 0 Å². The maximum atomic E-state index is 2.76. The molecule has 558 valence electrons. The molecule has 0 fully saturated rings. The second kappa shape index (κ2) is 28.5. The Morgan fingerprint density at radius 2 is 0.513 bits per heavy atom. The molecule has 0 spiro atoms. The molecule has 5 heteroatoms. The van der Waals surface area contributed by atoms with Crippen LogP contribution in [0, 0.1) is 0 Å². The molecular weight excluding hydrogens is 1410 g/mol. The molecule has 2 aliphatic rings. The highest BCUT2D eigenvalue weighted by atomic mass is 15.2. The maximum Gasteiger partial charge on any atom is 0.252 e. The maximum absolute atomic E-state index is 2.76. The lowest BCUT2D eigenvalue weighted by atomic mass is 9.33. The average molecular weight is 1500 g/mol. The number of hydrogen-bond acceptors (Lipinski definition) is 2. The van der Waals surface area contributed by atoms with Crippen LogP contribution in [0.1, 0.15) is 77.0 Å². The Labute approximate surface area is 686 Å². The van der Waals surface area contributed by atoms with Crippen molar-refractivity contribution >= 4 is 101 Å². The summed E-state index contributed by atoms with van der Waals surface area (Å²) in [5.41, 5.74) is 39.2. The van der Waals surface area contributed by atoms with Crippen LogP contribution in [0.5, 0.6) is 0 Å². The first kappa shape index (κ1) is 70.8. The Morgan fingerprint density at radius 1 is 0.239 bits per heavy atom. The smallest absolute Gasteiger partial charge is 0.252 e. The molecule has 117 heavy (non-hydrogen) atoms. The van der Waals surface area contributed by atoms with Crippen LogP contribution in [0.15, 0.2) is 388 Å². The minimum absolute atomic E-state index is 0.190. The molecule has 0 aliphatic carbocycles. The van der Waals surface area contributed by atoms with Crippen LogP contribution in [-0.2, 0) is 5.41 Å². The molecule has 17 aromatic carbocycles. The molecular formula is C112H87BN4. The molecule has 0 saturated carbocycles. The molecule has 4 heterocycles. The van der Waals surface area contributed by atoms with Crippen LogP contribution in [0.3, 0.4) is 0 Å². The number of nitrogens with zero attached hydrogens (tertiary/aromatic N) is 4. The number of aromatic nitrogens is 2. The van der Waals surface area contributed by atoms with Crippen molar-refractivity contribution < 1.29 is 0 Å². The van der Waals surface area contributed by atoms with Gasteiger partial charge in [0.05, 0.1) is 33.4 Å². The molecule has 0 N–H and O–H groups in total. The number of para-hydroxylation sites is 4. The van der Waals surface area contributed by atoms with Gasteiger partial charge >= 0.3 is 0 Å². The van der Waals surface area contributed by atoms with Crippen LogP contribution in [-0.4, -0.2) is 15.8 Å². The van der Waals surface area contributed by atoms with Gasteiger partial charge in [-0.15, -0.1) is 0 Å². The van der Waals surface area contributed by atoms with Gasteiger partial charge in [0, 0.05) is 77.9 Å². The molecule has 0 amide bonds. The predicted molar refractivity (Wildman–Crippen MR) is 500 cm³/mol. The zero-order valence-corrected chi connectivity index (χ0v) is 67.0. The van der Waals surface area contributed by atoms with Crippen molar-refractivity contribution in [3.8, 4) is 100 Å². The minimum Gasteiger partial charge on any atom is -0.310 e. The second-order valence-corrected chi connectivity index (χ2v) is 33.5. The van der Waals surface area contributed by atoms with Gasteiger partial charge in [0.25, 0.3) is 6.71 Å². The van der Waals surface area contributed by atoms with E-state index in [0.717, 1.165) is 134 Å². The van der Waals surface area contributed by atoms with Gasteiger partial charge in [-0.1, -0.05) is 328 Å². The van der Waals surface area contributed by atoms with E-state index in [-0.39, 0.29) is 24.0 Å². The number of anilines is 6. The Morgan fingerprint density at radius 3 is 0.838 bits per heavy atom. The van der Waals surface area contributed by atoms with Crippen LogP contribution >= 0.6 is 0 Å². The van der Waals surface area contributed by atoms with E-state index in [0.29, 0.717) is 0 Å². The Hall–Kier alpha value is -14.0. The highest BCUT2D eigenvalue weighted by Gasteiger charge is 2.47. The molecule has 2 aliphatic heterocycles. The molecule has 0 saturated heterocycles. The molecule has 0 radical (unpaired) electrons. The Kier molecular flexibility index (Phi) is 17.3. The lowest BCUT2D eigenvalue weighted by molar-refractivity contribution is 0.590. The normalized spacial score (nSPS) is 12.5. The zero-order chi connectivity index (χ0) is 78.7. The molecule has 4 nitrogen and oxygen atoms in total. The van der Waals surface area contributed by atoms with Crippen molar-refractivity contribution in [1.82, 2.24) is 9.13 Å². The van der Waals surface area contributed by atoms with Crippen LogP contribution < -0.4 is 26.2 Å². The molecule has 21 rings (SSSR count). The summed E-state index contributed by atoms with van der Waals surface area (Å²) in [7, 11) is 0. The van der Waals surface area contributed by atoms with Crippen molar-refractivity contribution in [2.45, 2.75) is 65.7 Å². The fourth-order valence-electron chi connectivity index (χ4n) is 18.9. The fraction of sp³-hybridized carbons (Fsp3) is 0.0893. The first-order valence-electron chi connectivity index (χ1n) is 41.4. The van der Waals surface area contributed by atoms with Crippen molar-refractivity contribution in [1.29, 1.82) is 0 Å². The Bertz CT molecular complexity index is 6600. The van der Waals surface area contributed by atoms with Crippen LogP contribution in [0.2, 0.25) is 0 Å². The number of benzene rings is 17. The van der Waals surface area contributed by atoms with E-state index in [4.69, 9.17) is 0 Å². The largest absolute Gasteiger partial charge is 0.310 e. The SMILES string of the molecule is CC(C)c1cc(-c2ccccc2)c(N2c3cc(-n4c5ccccc5c5ccccc54)ccc3B3c4ccc(-n5c6ccccc6c6ccccc65)cc4N(c4c(-c5ccccc5)cc(C(C)C)cc4-c4cccc(-c5cccc(-c6ccccc6)c5)c4)c4cc(C(C)(C)C)cc2c43)c(-c2cccc(-c3cccc(-c4ccccc4)c3)c2)c1. The van der Waals surface area contributed by atoms with Gasteiger partial charge < -0.3 is 18.9 Å². The highest BCUT2D eigenvalue weighted by molar-refractivity contribution is 7.00. The van der Waals surface area contributed by atoms with Gasteiger partial charge in [-0.25, -0.2) is 0 Å². The van der Waals surface area contributed by atoms with E-state index < -0.39 is 0 Å². The Balaban J connectivity index is 0.911. The summed E-state index contributed by atoms with van der Waals surface area (Å²) in [4.78, 5) is 5.51. The van der Waals surface area contributed by atoms with E-state index in [1.807, 2.05) is 0 Å². The van der Waals surface area contributed by atoms with E-state index in [1.54, 1.807) is 0 Å². The van der Waals surface area contributed by atoms with E-state index >= 15 is 0 Å². The summed E-state index contributed by atoms with van der Waals surface area (Å²) >= 11 is 0. The first-order valence-corrected chi connectivity index (χ1v) is 41.4. The van der Waals surface area contributed by atoms with Crippen molar-refractivity contribution in [3.63, 3.8) is 0 Å². The number of rotatable bonds is 14. The zero-order valence-electron chi connectivity index (χ0n) is 67.0. The highest BCUT2D eigenvalue weighted by Crippen LogP contribution is 2.56. The third-order valence-corrected chi connectivity index (χ3v) is 24.7.